The number of likely N-dealkylation sites (tertiary alicyclic amines) is 1. The van der Waals surface area contributed by atoms with Crippen molar-refractivity contribution in [3.05, 3.63) is 35.9 Å². The van der Waals surface area contributed by atoms with Crippen LogP contribution < -0.4 is 11.1 Å². The Bertz CT molecular complexity index is 447. The van der Waals surface area contributed by atoms with Gasteiger partial charge in [-0.3, -0.25) is 4.79 Å². The monoisotopic (exact) mass is 247 g/mol. The molecule has 0 aromatic heterocycles. The lowest BCUT2D eigenvalue weighted by Crippen LogP contribution is -2.35. The van der Waals surface area contributed by atoms with Crippen LogP contribution in [0.1, 0.15) is 18.0 Å². The molecule has 1 aromatic carbocycles. The Hall–Kier alpha value is -2.04. The molecule has 0 spiro atoms. The third-order valence-corrected chi connectivity index (χ3v) is 3.37. The number of rotatable bonds is 3. The highest BCUT2D eigenvalue weighted by Crippen LogP contribution is 2.36. The summed E-state index contributed by atoms with van der Waals surface area (Å²) in [5.41, 5.74) is 6.16. The molecule has 18 heavy (non-hydrogen) atoms. The first kappa shape index (κ1) is 12.4. The number of benzene rings is 1. The van der Waals surface area contributed by atoms with E-state index in [2.05, 4.69) is 5.32 Å². The van der Waals surface area contributed by atoms with Gasteiger partial charge in [0, 0.05) is 25.9 Å². The van der Waals surface area contributed by atoms with E-state index in [0.29, 0.717) is 13.0 Å². The van der Waals surface area contributed by atoms with Crippen LogP contribution in [-0.4, -0.2) is 30.4 Å². The van der Waals surface area contributed by atoms with Gasteiger partial charge in [0.15, 0.2) is 0 Å². The summed E-state index contributed by atoms with van der Waals surface area (Å²) in [7, 11) is 1.80. The van der Waals surface area contributed by atoms with Crippen LogP contribution >= 0.6 is 0 Å². The molecule has 0 unspecified atom stereocenters. The molecule has 0 bridgehead atoms. The molecule has 5 nitrogen and oxygen atoms in total. The van der Waals surface area contributed by atoms with E-state index in [1.165, 1.54) is 0 Å². The molecule has 2 atom stereocenters. The highest BCUT2D eigenvalue weighted by molar-refractivity contribution is 5.79. The van der Waals surface area contributed by atoms with E-state index < -0.39 is 6.03 Å². The van der Waals surface area contributed by atoms with Crippen molar-refractivity contribution < 1.29 is 9.59 Å². The fourth-order valence-corrected chi connectivity index (χ4v) is 2.51. The molecule has 1 heterocycles. The molecule has 3 N–H and O–H groups in total. The molecule has 1 aliphatic rings. The van der Waals surface area contributed by atoms with Gasteiger partial charge in [0.25, 0.3) is 0 Å². The minimum absolute atomic E-state index is 0.00514. The lowest BCUT2D eigenvalue weighted by atomic mass is 9.94. The number of hydrogen-bond donors (Lipinski definition) is 2. The van der Waals surface area contributed by atoms with Gasteiger partial charge in [-0.2, -0.15) is 0 Å². The maximum absolute atomic E-state index is 11.8. The van der Waals surface area contributed by atoms with Crippen LogP contribution in [0.15, 0.2) is 30.3 Å². The SMILES string of the molecule is CN1C(=O)C[C@H](CNC(N)=O)[C@H]1c1ccccc1. The fraction of sp³-hybridized carbons (Fsp3) is 0.385. The maximum Gasteiger partial charge on any atom is 0.312 e. The van der Waals surface area contributed by atoms with E-state index in [1.54, 1.807) is 11.9 Å². The quantitative estimate of drug-likeness (QED) is 0.831. The molecule has 1 aliphatic heterocycles. The van der Waals surface area contributed by atoms with Crippen LogP contribution in [0.4, 0.5) is 4.79 Å². The molecule has 5 heteroatoms. The first-order chi connectivity index (χ1) is 8.59. The molecule has 1 saturated heterocycles. The normalized spacial score (nSPS) is 23.2. The van der Waals surface area contributed by atoms with Gasteiger partial charge in [-0.15, -0.1) is 0 Å². The Morgan fingerprint density at radius 2 is 2.11 bits per heavy atom. The lowest BCUT2D eigenvalue weighted by molar-refractivity contribution is -0.127. The molecule has 1 aromatic rings. The van der Waals surface area contributed by atoms with Crippen molar-refractivity contribution >= 4 is 11.9 Å². The Labute approximate surface area is 106 Å². The second kappa shape index (κ2) is 5.08. The van der Waals surface area contributed by atoms with E-state index in [9.17, 15) is 9.59 Å². The average molecular weight is 247 g/mol. The minimum atomic E-state index is -0.552. The summed E-state index contributed by atoms with van der Waals surface area (Å²) in [6.07, 6.45) is 0.441. The van der Waals surface area contributed by atoms with Crippen LogP contribution in [0.25, 0.3) is 0 Å². The Balaban J connectivity index is 2.18. The van der Waals surface area contributed by atoms with E-state index in [4.69, 9.17) is 5.73 Å². The minimum Gasteiger partial charge on any atom is -0.352 e. The molecule has 96 valence electrons. The number of carbonyl (C=O) groups excluding carboxylic acids is 2. The number of amides is 3. The van der Waals surface area contributed by atoms with E-state index in [0.717, 1.165) is 5.56 Å². The molecule has 0 aliphatic carbocycles. The Morgan fingerprint density at radius 1 is 1.44 bits per heavy atom. The molecular formula is C13H17N3O2. The van der Waals surface area contributed by atoms with Crippen molar-refractivity contribution in [3.8, 4) is 0 Å². The van der Waals surface area contributed by atoms with Crippen LogP contribution in [0, 0.1) is 5.92 Å². The average Bonchev–Trinajstić information content (AvgIpc) is 2.64. The molecule has 1 fully saturated rings. The van der Waals surface area contributed by atoms with Gasteiger partial charge in [0.05, 0.1) is 6.04 Å². The second-order valence-electron chi connectivity index (χ2n) is 4.57. The Kier molecular flexibility index (Phi) is 3.50. The van der Waals surface area contributed by atoms with Gasteiger partial charge in [0.2, 0.25) is 5.91 Å². The zero-order chi connectivity index (χ0) is 13.1. The summed E-state index contributed by atoms with van der Waals surface area (Å²) < 4.78 is 0. The van der Waals surface area contributed by atoms with E-state index >= 15 is 0 Å². The van der Waals surface area contributed by atoms with Gasteiger partial charge < -0.3 is 16.0 Å². The summed E-state index contributed by atoms with van der Waals surface area (Å²) >= 11 is 0. The van der Waals surface area contributed by atoms with Gasteiger partial charge >= 0.3 is 6.03 Å². The lowest BCUT2D eigenvalue weighted by Gasteiger charge is -2.25. The summed E-state index contributed by atoms with van der Waals surface area (Å²) in [5, 5.41) is 2.59. The predicted molar refractivity (Wildman–Crippen MR) is 67.6 cm³/mol. The van der Waals surface area contributed by atoms with Crippen molar-refractivity contribution in [2.45, 2.75) is 12.5 Å². The summed E-state index contributed by atoms with van der Waals surface area (Å²) in [5.74, 6) is 0.164. The van der Waals surface area contributed by atoms with Crippen LogP contribution in [0.5, 0.6) is 0 Å². The van der Waals surface area contributed by atoms with E-state index in [-0.39, 0.29) is 17.9 Å². The highest BCUT2D eigenvalue weighted by Gasteiger charge is 2.38. The van der Waals surface area contributed by atoms with Gasteiger partial charge in [0.1, 0.15) is 0 Å². The van der Waals surface area contributed by atoms with Crippen molar-refractivity contribution in [1.29, 1.82) is 0 Å². The van der Waals surface area contributed by atoms with Gasteiger partial charge in [-0.25, -0.2) is 4.79 Å². The number of hydrogen-bond acceptors (Lipinski definition) is 2. The van der Waals surface area contributed by atoms with Crippen molar-refractivity contribution in [2.24, 2.45) is 11.7 Å². The summed E-state index contributed by atoms with van der Waals surface area (Å²) in [6, 6.07) is 9.29. The summed E-state index contributed by atoms with van der Waals surface area (Å²) in [6.45, 7) is 0.422. The standard InChI is InChI=1S/C13H17N3O2/c1-16-11(17)7-10(8-15-13(14)18)12(16)9-5-3-2-4-6-9/h2-6,10,12H,7-8H2,1H3,(H3,14,15,18)/t10-,12-/m1/s1. The summed E-state index contributed by atoms with van der Waals surface area (Å²) in [4.78, 5) is 24.3. The smallest absolute Gasteiger partial charge is 0.312 e. The third-order valence-electron chi connectivity index (χ3n) is 3.37. The number of nitrogens with two attached hydrogens (primary N) is 1. The van der Waals surface area contributed by atoms with Gasteiger partial charge in [-0.1, -0.05) is 30.3 Å². The number of nitrogens with one attached hydrogen (secondary N) is 1. The maximum atomic E-state index is 11.8. The third kappa shape index (κ3) is 2.45. The number of nitrogens with zero attached hydrogens (tertiary/aromatic N) is 1. The number of carbonyl (C=O) groups is 2. The highest BCUT2D eigenvalue weighted by atomic mass is 16.2. The predicted octanol–water partition coefficient (Wildman–Crippen LogP) is 0.874. The van der Waals surface area contributed by atoms with Gasteiger partial charge in [-0.05, 0) is 5.56 Å². The van der Waals surface area contributed by atoms with Crippen LogP contribution in [-0.2, 0) is 4.79 Å². The molecule has 2 rings (SSSR count). The van der Waals surface area contributed by atoms with Crippen molar-refractivity contribution in [2.75, 3.05) is 13.6 Å². The first-order valence-electron chi connectivity index (χ1n) is 5.93. The molecule has 3 amide bonds. The molecular weight excluding hydrogens is 230 g/mol. The van der Waals surface area contributed by atoms with Crippen LogP contribution in [0.3, 0.4) is 0 Å². The second-order valence-corrected chi connectivity index (χ2v) is 4.57. The van der Waals surface area contributed by atoms with E-state index in [1.807, 2.05) is 30.3 Å². The van der Waals surface area contributed by atoms with Crippen molar-refractivity contribution in [3.63, 3.8) is 0 Å². The fourth-order valence-electron chi connectivity index (χ4n) is 2.51. The molecule has 0 saturated carbocycles. The molecule has 0 radical (unpaired) electrons. The van der Waals surface area contributed by atoms with Crippen molar-refractivity contribution in [1.82, 2.24) is 10.2 Å². The zero-order valence-electron chi connectivity index (χ0n) is 10.3. The number of primary amides is 1. The zero-order valence-corrected chi connectivity index (χ0v) is 10.3. The topological polar surface area (TPSA) is 75.4 Å². The largest absolute Gasteiger partial charge is 0.352 e. The first-order valence-corrected chi connectivity index (χ1v) is 5.93. The van der Waals surface area contributed by atoms with Crippen LogP contribution in [0.2, 0.25) is 0 Å². The number of urea groups is 1. The Morgan fingerprint density at radius 3 is 2.72 bits per heavy atom.